The number of aliphatic hydroxyl groups excluding tert-OH is 1. The molecule has 1 heterocycles. The fourth-order valence-corrected chi connectivity index (χ4v) is 1.41. The van der Waals surface area contributed by atoms with Gasteiger partial charge in [0.15, 0.2) is 6.10 Å². The van der Waals surface area contributed by atoms with Gasteiger partial charge in [0.2, 0.25) is 11.8 Å². The lowest BCUT2D eigenvalue weighted by molar-refractivity contribution is -0.202. The molecule has 0 aromatic heterocycles. The van der Waals surface area contributed by atoms with Crippen molar-refractivity contribution in [1.82, 2.24) is 10.6 Å². The van der Waals surface area contributed by atoms with Gasteiger partial charge in [-0.1, -0.05) is 0 Å². The number of amides is 2. The van der Waals surface area contributed by atoms with Crippen LogP contribution in [0.2, 0.25) is 0 Å². The highest BCUT2D eigenvalue weighted by atomic mass is 19.4. The Balaban J connectivity index is 2.32. The van der Waals surface area contributed by atoms with Crippen LogP contribution >= 0.6 is 0 Å². The molecule has 1 aliphatic heterocycles. The highest BCUT2D eigenvalue weighted by molar-refractivity contribution is 5.83. The molecule has 0 radical (unpaired) electrons. The monoisotopic (exact) mass is 254 g/mol. The molecule has 8 heteroatoms. The van der Waals surface area contributed by atoms with Crippen LogP contribution in [-0.4, -0.2) is 42.3 Å². The van der Waals surface area contributed by atoms with Gasteiger partial charge >= 0.3 is 6.18 Å². The van der Waals surface area contributed by atoms with E-state index in [0.29, 0.717) is 6.42 Å². The van der Waals surface area contributed by atoms with E-state index in [4.69, 9.17) is 5.11 Å². The van der Waals surface area contributed by atoms with Gasteiger partial charge in [0.25, 0.3) is 0 Å². The van der Waals surface area contributed by atoms with Crippen molar-refractivity contribution in [1.29, 1.82) is 0 Å². The van der Waals surface area contributed by atoms with Gasteiger partial charge < -0.3 is 15.7 Å². The molecule has 98 valence electrons. The minimum Gasteiger partial charge on any atom is -0.382 e. The predicted octanol–water partition coefficient (Wildman–Crippen LogP) is -0.448. The quantitative estimate of drug-likeness (QED) is 0.638. The Morgan fingerprint density at radius 1 is 1.59 bits per heavy atom. The fourth-order valence-electron chi connectivity index (χ4n) is 1.41. The van der Waals surface area contributed by atoms with E-state index in [9.17, 15) is 22.8 Å². The van der Waals surface area contributed by atoms with E-state index in [-0.39, 0.29) is 18.9 Å². The molecule has 0 saturated carbocycles. The number of hydrogen-bond donors (Lipinski definition) is 3. The summed E-state index contributed by atoms with van der Waals surface area (Å²) in [5, 5.41) is 13.1. The lowest BCUT2D eigenvalue weighted by Gasteiger charge is -2.22. The summed E-state index contributed by atoms with van der Waals surface area (Å²) in [4.78, 5) is 22.2. The third kappa shape index (κ3) is 4.22. The van der Waals surface area contributed by atoms with Crippen LogP contribution in [0.1, 0.15) is 12.8 Å². The number of alkyl halides is 3. The van der Waals surface area contributed by atoms with Gasteiger partial charge in [-0.05, 0) is 6.42 Å². The number of aliphatic hydroxyl groups is 1. The van der Waals surface area contributed by atoms with Crippen LogP contribution < -0.4 is 10.6 Å². The molecule has 0 spiro atoms. The fraction of sp³-hybridized carbons (Fsp3) is 0.778. The van der Waals surface area contributed by atoms with Gasteiger partial charge in [-0.2, -0.15) is 13.2 Å². The van der Waals surface area contributed by atoms with E-state index >= 15 is 0 Å². The molecule has 1 saturated heterocycles. The number of nitrogens with one attached hydrogen (secondary N) is 2. The Morgan fingerprint density at radius 2 is 2.24 bits per heavy atom. The topological polar surface area (TPSA) is 78.4 Å². The number of hydrogen-bond acceptors (Lipinski definition) is 3. The number of piperidine rings is 1. The molecule has 0 aromatic carbocycles. The summed E-state index contributed by atoms with van der Waals surface area (Å²) in [7, 11) is 0. The molecule has 3 N–H and O–H groups in total. The first-order chi connectivity index (χ1) is 7.80. The van der Waals surface area contributed by atoms with Crippen LogP contribution in [0.4, 0.5) is 13.2 Å². The molecule has 2 amide bonds. The van der Waals surface area contributed by atoms with E-state index in [2.05, 4.69) is 5.32 Å². The highest BCUT2D eigenvalue weighted by Crippen LogP contribution is 2.19. The summed E-state index contributed by atoms with van der Waals surface area (Å²) in [5.74, 6) is -1.30. The van der Waals surface area contributed by atoms with E-state index < -0.39 is 30.7 Å². The second kappa shape index (κ2) is 5.35. The Labute approximate surface area is 95.4 Å². The number of carbonyl (C=O) groups excluding carboxylic acids is 2. The van der Waals surface area contributed by atoms with E-state index in [1.807, 2.05) is 5.32 Å². The Morgan fingerprint density at radius 3 is 2.71 bits per heavy atom. The van der Waals surface area contributed by atoms with Crippen LogP contribution in [0.3, 0.4) is 0 Å². The zero-order chi connectivity index (χ0) is 13.1. The van der Waals surface area contributed by atoms with Crippen LogP contribution in [0.25, 0.3) is 0 Å². The molecular formula is C9H13F3N2O3. The normalized spacial score (nSPS) is 22.8. The van der Waals surface area contributed by atoms with Gasteiger partial charge in [0.05, 0.1) is 12.5 Å². The van der Waals surface area contributed by atoms with Crippen LogP contribution in [0, 0.1) is 5.92 Å². The third-order valence-corrected chi connectivity index (χ3v) is 2.48. The molecule has 17 heavy (non-hydrogen) atoms. The maximum atomic E-state index is 11.9. The van der Waals surface area contributed by atoms with E-state index in [0.717, 1.165) is 0 Å². The summed E-state index contributed by atoms with van der Waals surface area (Å²) >= 11 is 0. The van der Waals surface area contributed by atoms with Crippen molar-refractivity contribution < 1.29 is 27.9 Å². The van der Waals surface area contributed by atoms with Crippen LogP contribution in [0.15, 0.2) is 0 Å². The van der Waals surface area contributed by atoms with E-state index in [1.165, 1.54) is 0 Å². The summed E-state index contributed by atoms with van der Waals surface area (Å²) in [6, 6.07) is 0. The van der Waals surface area contributed by atoms with Gasteiger partial charge in [-0.15, -0.1) is 0 Å². The summed E-state index contributed by atoms with van der Waals surface area (Å²) in [6.07, 6.45) is -6.82. The second-order valence-electron chi connectivity index (χ2n) is 3.84. The minimum atomic E-state index is -4.74. The first-order valence-corrected chi connectivity index (χ1v) is 5.10. The van der Waals surface area contributed by atoms with E-state index in [1.54, 1.807) is 0 Å². The maximum absolute atomic E-state index is 11.9. The highest BCUT2D eigenvalue weighted by Gasteiger charge is 2.38. The SMILES string of the molecule is O=C1CCC(C(=O)NCC(O)C(F)(F)F)CN1. The van der Waals surface area contributed by atoms with Crippen molar-refractivity contribution in [3.63, 3.8) is 0 Å². The molecule has 2 unspecified atom stereocenters. The maximum Gasteiger partial charge on any atom is 0.416 e. The van der Waals surface area contributed by atoms with Crippen molar-refractivity contribution in [2.24, 2.45) is 5.92 Å². The van der Waals surface area contributed by atoms with Gasteiger partial charge in [-0.25, -0.2) is 0 Å². The summed E-state index contributed by atoms with van der Waals surface area (Å²) < 4.78 is 35.8. The lowest BCUT2D eigenvalue weighted by atomic mass is 9.98. The zero-order valence-corrected chi connectivity index (χ0v) is 8.88. The molecule has 2 atom stereocenters. The third-order valence-electron chi connectivity index (χ3n) is 2.48. The van der Waals surface area contributed by atoms with Gasteiger partial charge in [-0.3, -0.25) is 9.59 Å². The zero-order valence-electron chi connectivity index (χ0n) is 8.88. The van der Waals surface area contributed by atoms with Crippen molar-refractivity contribution in [3.05, 3.63) is 0 Å². The molecule has 5 nitrogen and oxygen atoms in total. The van der Waals surface area contributed by atoms with Gasteiger partial charge in [0, 0.05) is 13.0 Å². The first kappa shape index (κ1) is 13.8. The smallest absolute Gasteiger partial charge is 0.382 e. The number of rotatable bonds is 3. The average Bonchev–Trinajstić information content (AvgIpc) is 2.25. The average molecular weight is 254 g/mol. The van der Waals surface area contributed by atoms with Crippen molar-refractivity contribution in [2.45, 2.75) is 25.1 Å². The standard InChI is InChI=1S/C9H13F3N2O3/c10-9(11,12)6(15)4-14-8(17)5-1-2-7(16)13-3-5/h5-6,15H,1-4H2,(H,13,16)(H,14,17). The Kier molecular flexibility index (Phi) is 4.33. The lowest BCUT2D eigenvalue weighted by Crippen LogP contribution is -2.46. The minimum absolute atomic E-state index is 0.118. The molecule has 1 rings (SSSR count). The summed E-state index contributed by atoms with van der Waals surface area (Å²) in [6.45, 7) is -0.750. The molecule has 1 aliphatic rings. The van der Waals surface area contributed by atoms with Crippen LogP contribution in [0.5, 0.6) is 0 Å². The van der Waals surface area contributed by atoms with Crippen molar-refractivity contribution in [2.75, 3.05) is 13.1 Å². The first-order valence-electron chi connectivity index (χ1n) is 5.10. The van der Waals surface area contributed by atoms with Crippen molar-refractivity contribution >= 4 is 11.8 Å². The molecule has 0 aliphatic carbocycles. The van der Waals surface area contributed by atoms with Crippen LogP contribution in [-0.2, 0) is 9.59 Å². The Bertz CT molecular complexity index is 296. The predicted molar refractivity (Wildman–Crippen MR) is 50.8 cm³/mol. The van der Waals surface area contributed by atoms with Gasteiger partial charge in [0.1, 0.15) is 0 Å². The Hall–Kier alpha value is -1.31. The van der Waals surface area contributed by atoms with Crippen molar-refractivity contribution in [3.8, 4) is 0 Å². The molecule has 0 aromatic rings. The molecule has 1 fully saturated rings. The largest absolute Gasteiger partial charge is 0.416 e. The molecule has 0 bridgehead atoms. The number of halogens is 3. The molecular weight excluding hydrogens is 241 g/mol. The number of carbonyl (C=O) groups is 2. The second-order valence-corrected chi connectivity index (χ2v) is 3.84. The summed E-state index contributed by atoms with van der Waals surface area (Å²) in [5.41, 5.74) is 0.